The Morgan fingerprint density at radius 1 is 1.39 bits per heavy atom. The zero-order valence-electron chi connectivity index (χ0n) is 10.5. The Labute approximate surface area is 115 Å². The summed E-state index contributed by atoms with van der Waals surface area (Å²) in [7, 11) is 1.91. The van der Waals surface area contributed by atoms with Crippen molar-refractivity contribution in [3.63, 3.8) is 0 Å². The SMILES string of the molecule is Cc1cc(COc2ccc(CN)cc2Br)n(C)n1. The van der Waals surface area contributed by atoms with Crippen LogP contribution in [0.3, 0.4) is 0 Å². The number of benzene rings is 1. The Kier molecular flexibility index (Phi) is 4.04. The van der Waals surface area contributed by atoms with Gasteiger partial charge in [0.1, 0.15) is 12.4 Å². The van der Waals surface area contributed by atoms with Crippen molar-refractivity contribution >= 4 is 15.9 Å². The fourth-order valence-electron chi connectivity index (χ4n) is 1.74. The number of rotatable bonds is 4. The molecule has 0 bridgehead atoms. The fourth-order valence-corrected chi connectivity index (χ4v) is 2.28. The van der Waals surface area contributed by atoms with Gasteiger partial charge in [-0.05, 0) is 46.6 Å². The number of hydrogen-bond acceptors (Lipinski definition) is 3. The number of nitrogens with two attached hydrogens (primary N) is 1. The largest absolute Gasteiger partial charge is 0.486 e. The number of ether oxygens (including phenoxy) is 1. The molecule has 2 N–H and O–H groups in total. The summed E-state index contributed by atoms with van der Waals surface area (Å²) in [6.45, 7) is 2.99. The molecule has 0 amide bonds. The van der Waals surface area contributed by atoms with Gasteiger partial charge in [-0.15, -0.1) is 0 Å². The molecule has 4 nitrogen and oxygen atoms in total. The van der Waals surface area contributed by atoms with E-state index in [0.717, 1.165) is 27.2 Å². The molecule has 2 aromatic rings. The first-order valence-corrected chi connectivity index (χ1v) is 6.50. The first-order chi connectivity index (χ1) is 8.60. The van der Waals surface area contributed by atoms with Crippen LogP contribution in [0.4, 0.5) is 0 Å². The molecule has 2 rings (SSSR count). The van der Waals surface area contributed by atoms with Crippen LogP contribution >= 0.6 is 15.9 Å². The van der Waals surface area contributed by atoms with Gasteiger partial charge in [0.05, 0.1) is 15.9 Å². The summed E-state index contributed by atoms with van der Waals surface area (Å²) < 4.78 is 8.52. The predicted octanol–water partition coefficient (Wildman–Crippen LogP) is 2.53. The monoisotopic (exact) mass is 309 g/mol. The lowest BCUT2D eigenvalue weighted by Gasteiger charge is -2.09. The Hall–Kier alpha value is -1.33. The molecule has 1 heterocycles. The van der Waals surface area contributed by atoms with Crippen molar-refractivity contribution < 1.29 is 4.74 Å². The van der Waals surface area contributed by atoms with Crippen LogP contribution in [0, 0.1) is 6.92 Å². The number of aromatic nitrogens is 2. The maximum atomic E-state index is 5.77. The number of nitrogens with zero attached hydrogens (tertiary/aromatic N) is 2. The van der Waals surface area contributed by atoms with Crippen LogP contribution in [-0.4, -0.2) is 9.78 Å². The highest BCUT2D eigenvalue weighted by molar-refractivity contribution is 9.10. The topological polar surface area (TPSA) is 53.1 Å². The lowest BCUT2D eigenvalue weighted by molar-refractivity contribution is 0.293. The van der Waals surface area contributed by atoms with Gasteiger partial charge in [0.2, 0.25) is 0 Å². The molecule has 96 valence electrons. The third kappa shape index (κ3) is 2.91. The molecule has 0 spiro atoms. The van der Waals surface area contributed by atoms with Gasteiger partial charge < -0.3 is 10.5 Å². The molecular weight excluding hydrogens is 294 g/mol. The van der Waals surface area contributed by atoms with E-state index in [9.17, 15) is 0 Å². The lowest BCUT2D eigenvalue weighted by Crippen LogP contribution is -2.03. The van der Waals surface area contributed by atoms with Gasteiger partial charge in [-0.3, -0.25) is 4.68 Å². The van der Waals surface area contributed by atoms with Crippen LogP contribution < -0.4 is 10.5 Å². The van der Waals surface area contributed by atoms with Crippen LogP contribution in [0.25, 0.3) is 0 Å². The standard InChI is InChI=1S/C13H16BrN3O/c1-9-5-11(17(2)16-9)8-18-13-4-3-10(7-15)6-12(13)14/h3-6H,7-8,15H2,1-2H3. The molecule has 0 aliphatic heterocycles. The van der Waals surface area contributed by atoms with E-state index < -0.39 is 0 Å². The van der Waals surface area contributed by atoms with Crippen molar-refractivity contribution in [3.05, 3.63) is 45.7 Å². The molecule has 0 fully saturated rings. The molecule has 0 aliphatic rings. The van der Waals surface area contributed by atoms with Crippen LogP contribution in [0.15, 0.2) is 28.7 Å². The van der Waals surface area contributed by atoms with E-state index >= 15 is 0 Å². The molecule has 18 heavy (non-hydrogen) atoms. The van der Waals surface area contributed by atoms with E-state index in [-0.39, 0.29) is 0 Å². The first kappa shape index (κ1) is 13.1. The van der Waals surface area contributed by atoms with E-state index in [2.05, 4.69) is 21.0 Å². The zero-order chi connectivity index (χ0) is 13.1. The average molecular weight is 310 g/mol. The quantitative estimate of drug-likeness (QED) is 0.944. The summed E-state index contributed by atoms with van der Waals surface area (Å²) >= 11 is 3.48. The number of hydrogen-bond donors (Lipinski definition) is 1. The van der Waals surface area contributed by atoms with Crippen LogP contribution in [0.1, 0.15) is 17.0 Å². The van der Waals surface area contributed by atoms with Crippen molar-refractivity contribution in [2.75, 3.05) is 0 Å². The van der Waals surface area contributed by atoms with Gasteiger partial charge >= 0.3 is 0 Å². The maximum Gasteiger partial charge on any atom is 0.134 e. The molecule has 1 aromatic heterocycles. The van der Waals surface area contributed by atoms with Gasteiger partial charge in [0, 0.05) is 13.6 Å². The minimum Gasteiger partial charge on any atom is -0.486 e. The number of aryl methyl sites for hydroxylation is 2. The van der Waals surface area contributed by atoms with Crippen LogP contribution in [-0.2, 0) is 20.2 Å². The lowest BCUT2D eigenvalue weighted by atomic mass is 10.2. The Balaban J connectivity index is 2.08. The molecule has 0 aliphatic carbocycles. The summed E-state index contributed by atoms with van der Waals surface area (Å²) in [6, 6.07) is 7.88. The van der Waals surface area contributed by atoms with Crippen molar-refractivity contribution in [2.24, 2.45) is 12.8 Å². The molecule has 0 radical (unpaired) electrons. The van der Waals surface area contributed by atoms with E-state index in [4.69, 9.17) is 10.5 Å². The van der Waals surface area contributed by atoms with Gasteiger partial charge in [-0.1, -0.05) is 6.07 Å². The van der Waals surface area contributed by atoms with E-state index in [1.54, 1.807) is 0 Å². The van der Waals surface area contributed by atoms with E-state index in [0.29, 0.717) is 13.2 Å². The average Bonchev–Trinajstić information content (AvgIpc) is 2.66. The molecule has 1 aromatic carbocycles. The third-order valence-corrected chi connectivity index (χ3v) is 3.33. The molecule has 0 atom stereocenters. The predicted molar refractivity (Wildman–Crippen MR) is 74.3 cm³/mol. The number of halogens is 1. The van der Waals surface area contributed by atoms with Crippen molar-refractivity contribution in [1.29, 1.82) is 0 Å². The highest BCUT2D eigenvalue weighted by Crippen LogP contribution is 2.26. The van der Waals surface area contributed by atoms with Crippen molar-refractivity contribution in [3.8, 4) is 5.75 Å². The van der Waals surface area contributed by atoms with Gasteiger partial charge in [0.25, 0.3) is 0 Å². The smallest absolute Gasteiger partial charge is 0.134 e. The summed E-state index contributed by atoms with van der Waals surface area (Å²) in [5.41, 5.74) is 8.70. The Morgan fingerprint density at radius 2 is 2.17 bits per heavy atom. The summed E-state index contributed by atoms with van der Waals surface area (Å²) in [6.07, 6.45) is 0. The van der Waals surface area contributed by atoms with Gasteiger partial charge in [-0.25, -0.2) is 0 Å². The van der Waals surface area contributed by atoms with E-state index in [1.807, 2.05) is 42.9 Å². The summed E-state index contributed by atoms with van der Waals surface area (Å²) in [5, 5.41) is 4.28. The highest BCUT2D eigenvalue weighted by atomic mass is 79.9. The van der Waals surface area contributed by atoms with Crippen molar-refractivity contribution in [1.82, 2.24) is 9.78 Å². The Morgan fingerprint density at radius 3 is 2.72 bits per heavy atom. The zero-order valence-corrected chi connectivity index (χ0v) is 12.1. The molecule has 0 saturated heterocycles. The fraction of sp³-hybridized carbons (Fsp3) is 0.308. The molecule has 5 heteroatoms. The van der Waals surface area contributed by atoms with Gasteiger partial charge in [-0.2, -0.15) is 5.10 Å². The second kappa shape index (κ2) is 5.54. The second-order valence-corrected chi connectivity index (χ2v) is 5.01. The van der Waals surface area contributed by atoms with Crippen LogP contribution in [0.2, 0.25) is 0 Å². The Bertz CT molecular complexity index is 551. The molecule has 0 unspecified atom stereocenters. The highest BCUT2D eigenvalue weighted by Gasteiger charge is 2.06. The second-order valence-electron chi connectivity index (χ2n) is 4.16. The summed E-state index contributed by atoms with van der Waals surface area (Å²) in [4.78, 5) is 0. The molecule has 0 saturated carbocycles. The third-order valence-electron chi connectivity index (χ3n) is 2.71. The summed E-state index contributed by atoms with van der Waals surface area (Å²) in [5.74, 6) is 0.811. The normalized spacial score (nSPS) is 10.7. The maximum absolute atomic E-state index is 5.77. The van der Waals surface area contributed by atoms with E-state index in [1.165, 1.54) is 0 Å². The van der Waals surface area contributed by atoms with Crippen molar-refractivity contribution in [2.45, 2.75) is 20.1 Å². The molecular formula is C13H16BrN3O. The first-order valence-electron chi connectivity index (χ1n) is 5.71. The minimum absolute atomic E-state index is 0.498. The van der Waals surface area contributed by atoms with Gasteiger partial charge in [0.15, 0.2) is 0 Å². The minimum atomic E-state index is 0.498. The van der Waals surface area contributed by atoms with Crippen LogP contribution in [0.5, 0.6) is 5.75 Å².